The second kappa shape index (κ2) is 6.66. The van der Waals surface area contributed by atoms with Gasteiger partial charge < -0.3 is 14.6 Å². The van der Waals surface area contributed by atoms with Crippen molar-refractivity contribution in [2.75, 3.05) is 21.3 Å². The largest absolute Gasteiger partial charge is 0.502 e. The van der Waals surface area contributed by atoms with E-state index < -0.39 is 0 Å². The summed E-state index contributed by atoms with van der Waals surface area (Å²) in [5.41, 5.74) is 1.06. The molecule has 108 valence electrons. The van der Waals surface area contributed by atoms with Crippen LogP contribution < -0.4 is 9.47 Å². The monoisotopic (exact) mass is 267 g/mol. The van der Waals surface area contributed by atoms with Gasteiger partial charge in [-0.05, 0) is 37.6 Å². The molecule has 1 aromatic carbocycles. The van der Waals surface area contributed by atoms with E-state index in [1.165, 1.54) is 0 Å². The number of ether oxygens (including phenoxy) is 2. The summed E-state index contributed by atoms with van der Waals surface area (Å²) in [4.78, 5) is 2.27. The second-order valence-electron chi connectivity index (χ2n) is 5.25. The second-order valence-corrected chi connectivity index (χ2v) is 5.25. The fraction of sp³-hybridized carbons (Fsp3) is 0.600. The van der Waals surface area contributed by atoms with Crippen molar-refractivity contribution in [3.63, 3.8) is 0 Å². The zero-order chi connectivity index (χ0) is 14.6. The minimum atomic E-state index is 0.0494. The highest BCUT2D eigenvalue weighted by Crippen LogP contribution is 2.37. The van der Waals surface area contributed by atoms with Gasteiger partial charge in [0.05, 0.1) is 14.2 Å². The molecule has 4 heteroatoms. The van der Waals surface area contributed by atoms with Gasteiger partial charge in [-0.15, -0.1) is 0 Å². The maximum atomic E-state index is 9.88. The van der Waals surface area contributed by atoms with Crippen LogP contribution in [0.25, 0.3) is 0 Å². The van der Waals surface area contributed by atoms with Crippen LogP contribution in [0.2, 0.25) is 0 Å². The van der Waals surface area contributed by atoms with Gasteiger partial charge in [0.2, 0.25) is 5.75 Å². The van der Waals surface area contributed by atoms with Gasteiger partial charge in [-0.25, -0.2) is 0 Å². The minimum absolute atomic E-state index is 0.0494. The Morgan fingerprint density at radius 2 is 1.58 bits per heavy atom. The molecule has 4 nitrogen and oxygen atoms in total. The molecule has 1 aromatic rings. The normalized spacial score (nSPS) is 12.8. The van der Waals surface area contributed by atoms with Crippen LogP contribution in [-0.4, -0.2) is 37.3 Å². The van der Waals surface area contributed by atoms with E-state index in [0.717, 1.165) is 12.1 Å². The fourth-order valence-corrected chi connectivity index (χ4v) is 1.98. The van der Waals surface area contributed by atoms with E-state index in [2.05, 4.69) is 32.7 Å². The Kier molecular flexibility index (Phi) is 5.48. The molecule has 0 radical (unpaired) electrons. The molecule has 1 unspecified atom stereocenters. The smallest absolute Gasteiger partial charge is 0.200 e. The molecule has 0 aromatic heterocycles. The van der Waals surface area contributed by atoms with Gasteiger partial charge in [0.25, 0.3) is 0 Å². The number of aromatic hydroxyl groups is 1. The molecule has 0 saturated heterocycles. The maximum Gasteiger partial charge on any atom is 0.200 e. The molecule has 0 aliphatic carbocycles. The lowest BCUT2D eigenvalue weighted by molar-refractivity contribution is 0.200. The van der Waals surface area contributed by atoms with Crippen molar-refractivity contribution < 1.29 is 14.6 Å². The molecule has 0 amide bonds. The van der Waals surface area contributed by atoms with Gasteiger partial charge in [0.1, 0.15) is 0 Å². The van der Waals surface area contributed by atoms with E-state index in [1.54, 1.807) is 14.2 Å². The number of hydrogen-bond donors (Lipinski definition) is 1. The molecule has 0 fully saturated rings. The van der Waals surface area contributed by atoms with Gasteiger partial charge in [0.15, 0.2) is 11.5 Å². The lowest BCUT2D eigenvalue weighted by atomic mass is 10.0. The first-order chi connectivity index (χ1) is 8.90. The molecule has 1 atom stereocenters. The van der Waals surface area contributed by atoms with Crippen molar-refractivity contribution in [3.8, 4) is 17.2 Å². The Hall–Kier alpha value is -1.42. The van der Waals surface area contributed by atoms with Crippen molar-refractivity contribution in [1.82, 2.24) is 4.90 Å². The van der Waals surface area contributed by atoms with Crippen molar-refractivity contribution in [3.05, 3.63) is 17.7 Å². The Bertz CT molecular complexity index is 393. The van der Waals surface area contributed by atoms with Crippen LogP contribution in [0.3, 0.4) is 0 Å². The van der Waals surface area contributed by atoms with E-state index in [1.807, 2.05) is 12.1 Å². The van der Waals surface area contributed by atoms with Crippen LogP contribution in [-0.2, 0) is 6.54 Å². The third-order valence-electron chi connectivity index (χ3n) is 3.63. The van der Waals surface area contributed by atoms with E-state index in [-0.39, 0.29) is 5.75 Å². The molecule has 1 rings (SSSR count). The summed E-state index contributed by atoms with van der Waals surface area (Å²) in [5.74, 6) is 1.53. The zero-order valence-corrected chi connectivity index (χ0v) is 12.7. The highest BCUT2D eigenvalue weighted by molar-refractivity contribution is 5.52. The van der Waals surface area contributed by atoms with Crippen molar-refractivity contribution in [2.45, 2.75) is 33.4 Å². The molecular weight excluding hydrogens is 242 g/mol. The summed E-state index contributed by atoms with van der Waals surface area (Å²) in [6.07, 6.45) is 0. The van der Waals surface area contributed by atoms with Crippen molar-refractivity contribution in [1.29, 1.82) is 0 Å². The van der Waals surface area contributed by atoms with Gasteiger partial charge in [-0.2, -0.15) is 0 Å². The van der Waals surface area contributed by atoms with Crippen LogP contribution >= 0.6 is 0 Å². The number of nitrogens with zero attached hydrogens (tertiary/aromatic N) is 1. The number of hydrogen-bond acceptors (Lipinski definition) is 4. The number of rotatable bonds is 6. The Labute approximate surface area is 115 Å². The molecule has 0 heterocycles. The first-order valence-corrected chi connectivity index (χ1v) is 6.54. The Balaban J connectivity index is 2.95. The number of methoxy groups -OCH3 is 2. The molecule has 0 bridgehead atoms. The summed E-state index contributed by atoms with van der Waals surface area (Å²) in [5, 5.41) is 9.88. The molecular formula is C15H25NO3. The average Bonchev–Trinajstić information content (AvgIpc) is 2.39. The third-order valence-corrected chi connectivity index (χ3v) is 3.63. The average molecular weight is 267 g/mol. The highest BCUT2D eigenvalue weighted by Gasteiger charge is 2.16. The van der Waals surface area contributed by atoms with Crippen LogP contribution in [0.1, 0.15) is 26.3 Å². The van der Waals surface area contributed by atoms with E-state index in [0.29, 0.717) is 23.5 Å². The van der Waals surface area contributed by atoms with Gasteiger partial charge in [0, 0.05) is 12.6 Å². The minimum Gasteiger partial charge on any atom is -0.502 e. The lowest BCUT2D eigenvalue weighted by Gasteiger charge is -2.28. The predicted octanol–water partition coefficient (Wildman–Crippen LogP) is 2.89. The predicted molar refractivity (Wildman–Crippen MR) is 77.0 cm³/mol. The highest BCUT2D eigenvalue weighted by atomic mass is 16.5. The Morgan fingerprint density at radius 1 is 1.11 bits per heavy atom. The van der Waals surface area contributed by atoms with E-state index in [9.17, 15) is 5.11 Å². The standard InChI is InChI=1S/C15H25NO3/c1-10(2)11(3)16(4)9-12-7-13(18-5)15(17)14(8-12)19-6/h7-8,10-11,17H,9H2,1-6H3. The Morgan fingerprint density at radius 3 is 1.95 bits per heavy atom. The molecule has 19 heavy (non-hydrogen) atoms. The van der Waals surface area contributed by atoms with Crippen LogP contribution in [0.15, 0.2) is 12.1 Å². The van der Waals surface area contributed by atoms with Gasteiger partial charge in [-0.3, -0.25) is 4.90 Å². The van der Waals surface area contributed by atoms with Crippen LogP contribution in [0.4, 0.5) is 0 Å². The molecule has 0 aliphatic heterocycles. The van der Waals surface area contributed by atoms with E-state index >= 15 is 0 Å². The first-order valence-electron chi connectivity index (χ1n) is 6.54. The van der Waals surface area contributed by atoms with Crippen LogP contribution in [0, 0.1) is 5.92 Å². The molecule has 0 saturated carbocycles. The summed E-state index contributed by atoms with van der Waals surface area (Å²) in [7, 11) is 5.17. The van der Waals surface area contributed by atoms with Gasteiger partial charge in [-0.1, -0.05) is 13.8 Å². The van der Waals surface area contributed by atoms with Crippen LogP contribution in [0.5, 0.6) is 17.2 Å². The fourth-order valence-electron chi connectivity index (χ4n) is 1.98. The molecule has 0 spiro atoms. The summed E-state index contributed by atoms with van der Waals surface area (Å²) >= 11 is 0. The SMILES string of the molecule is COc1cc(CN(C)C(C)C(C)C)cc(OC)c1O. The quantitative estimate of drug-likeness (QED) is 0.860. The molecule has 0 aliphatic rings. The maximum absolute atomic E-state index is 9.88. The van der Waals surface area contributed by atoms with Crippen molar-refractivity contribution >= 4 is 0 Å². The topological polar surface area (TPSA) is 41.9 Å². The lowest BCUT2D eigenvalue weighted by Crippen LogP contribution is -2.32. The summed E-state index contributed by atoms with van der Waals surface area (Å²) in [6, 6.07) is 4.17. The number of benzene rings is 1. The molecule has 1 N–H and O–H groups in total. The number of phenols is 1. The number of phenolic OH excluding ortho intramolecular Hbond substituents is 1. The van der Waals surface area contributed by atoms with Gasteiger partial charge >= 0.3 is 0 Å². The third kappa shape index (κ3) is 3.77. The summed E-state index contributed by atoms with van der Waals surface area (Å²) in [6.45, 7) is 7.41. The zero-order valence-electron chi connectivity index (χ0n) is 12.7. The van der Waals surface area contributed by atoms with Crippen molar-refractivity contribution in [2.24, 2.45) is 5.92 Å². The van der Waals surface area contributed by atoms with E-state index in [4.69, 9.17) is 9.47 Å². The first kappa shape index (κ1) is 15.6. The summed E-state index contributed by atoms with van der Waals surface area (Å²) < 4.78 is 10.3.